The number of halogens is 1. The molecule has 0 aliphatic carbocycles. The third kappa shape index (κ3) is 6.52. The molecule has 0 unspecified atom stereocenters. The smallest absolute Gasteiger partial charge is 0.246 e. The Morgan fingerprint density at radius 3 is 2.41 bits per heavy atom. The maximum absolute atomic E-state index is 14.0. The molecule has 8 nitrogen and oxygen atoms in total. The molecule has 5 rings (SSSR count). The average Bonchev–Trinajstić information content (AvgIpc) is 2.96. The number of aryl methyl sites for hydroxylation is 1. The van der Waals surface area contributed by atoms with E-state index < -0.39 is 12.2 Å². The minimum absolute atomic E-state index is 0.0232. The zero-order chi connectivity index (χ0) is 28.9. The van der Waals surface area contributed by atoms with Gasteiger partial charge in [-0.05, 0) is 47.4 Å². The van der Waals surface area contributed by atoms with Gasteiger partial charge in [0.15, 0.2) is 0 Å². The first-order chi connectivity index (χ1) is 19.8. The van der Waals surface area contributed by atoms with Gasteiger partial charge in [-0.25, -0.2) is 10.0 Å². The van der Waals surface area contributed by atoms with Crippen LogP contribution in [0.25, 0.3) is 0 Å². The summed E-state index contributed by atoms with van der Waals surface area (Å²) in [6, 6.07) is 23.5. The van der Waals surface area contributed by atoms with Crippen molar-refractivity contribution >= 4 is 33.7 Å². The fourth-order valence-corrected chi connectivity index (χ4v) is 6.07. The molecule has 2 aliphatic heterocycles. The average molecular weight is 618 g/mol. The van der Waals surface area contributed by atoms with Crippen molar-refractivity contribution in [1.82, 2.24) is 19.8 Å². The number of amides is 3. The summed E-state index contributed by atoms with van der Waals surface area (Å²) in [6.45, 7) is 4.68. The van der Waals surface area contributed by atoms with Gasteiger partial charge >= 0.3 is 0 Å². The lowest BCUT2D eigenvalue weighted by Gasteiger charge is -2.55. The topological polar surface area (TPSA) is 84.4 Å². The predicted octanol–water partition coefficient (Wildman–Crippen LogP) is 4.14. The van der Waals surface area contributed by atoms with Crippen molar-refractivity contribution in [2.75, 3.05) is 19.6 Å². The first-order valence-corrected chi connectivity index (χ1v) is 14.5. The zero-order valence-electron chi connectivity index (χ0n) is 22.7. The summed E-state index contributed by atoms with van der Waals surface area (Å²) >= 11 is 3.51. The van der Waals surface area contributed by atoms with Gasteiger partial charge in [0.1, 0.15) is 18.0 Å². The number of nitrogens with zero attached hydrogens (tertiary/aromatic N) is 4. The van der Waals surface area contributed by atoms with E-state index in [0.717, 1.165) is 21.2 Å². The number of carbonyl (C=O) groups excluding carboxylic acids is 3. The Kier molecular flexibility index (Phi) is 8.85. The van der Waals surface area contributed by atoms with Crippen LogP contribution < -0.4 is 0 Å². The van der Waals surface area contributed by atoms with E-state index >= 15 is 0 Å². The van der Waals surface area contributed by atoms with Crippen LogP contribution in [-0.2, 0) is 33.8 Å². The molecule has 3 aromatic carbocycles. The summed E-state index contributed by atoms with van der Waals surface area (Å²) in [7, 11) is 0. The van der Waals surface area contributed by atoms with E-state index in [2.05, 4.69) is 22.5 Å². The number of hydrazine groups is 1. The lowest BCUT2D eigenvalue weighted by Crippen LogP contribution is -2.75. The van der Waals surface area contributed by atoms with E-state index in [1.807, 2.05) is 54.6 Å². The summed E-state index contributed by atoms with van der Waals surface area (Å²) in [5.74, 6) is -0.361. The summed E-state index contributed by atoms with van der Waals surface area (Å²) < 4.78 is 0.907. The Labute approximate surface area is 248 Å². The maximum Gasteiger partial charge on any atom is 0.246 e. The molecule has 3 aromatic rings. The maximum atomic E-state index is 14.0. The largest absolute Gasteiger partial charge is 0.508 e. The van der Waals surface area contributed by atoms with Crippen LogP contribution in [0.2, 0.25) is 0 Å². The van der Waals surface area contributed by atoms with Crippen LogP contribution in [0.4, 0.5) is 0 Å². The fourth-order valence-electron chi connectivity index (χ4n) is 5.63. The quantitative estimate of drug-likeness (QED) is 0.365. The van der Waals surface area contributed by atoms with E-state index in [-0.39, 0.29) is 49.4 Å². The second kappa shape index (κ2) is 12.7. The molecular weight excluding hydrogens is 584 g/mol. The molecule has 41 heavy (non-hydrogen) atoms. The number of carbonyl (C=O) groups is 3. The summed E-state index contributed by atoms with van der Waals surface area (Å²) in [5, 5.41) is 13.2. The molecule has 9 heteroatoms. The van der Waals surface area contributed by atoms with Crippen LogP contribution in [0, 0.1) is 0 Å². The minimum Gasteiger partial charge on any atom is -0.508 e. The number of rotatable bonds is 9. The predicted molar refractivity (Wildman–Crippen MR) is 159 cm³/mol. The van der Waals surface area contributed by atoms with E-state index in [4.69, 9.17) is 0 Å². The molecule has 0 bridgehead atoms. The first-order valence-electron chi connectivity index (χ1n) is 13.7. The molecule has 2 atom stereocenters. The van der Waals surface area contributed by atoms with Gasteiger partial charge in [-0.3, -0.25) is 14.4 Å². The molecule has 0 saturated carbocycles. The fraction of sp³-hybridized carbons (Fsp3) is 0.281. The molecule has 2 heterocycles. The Morgan fingerprint density at radius 2 is 1.71 bits per heavy atom. The number of aromatic hydroxyl groups is 1. The highest BCUT2D eigenvalue weighted by molar-refractivity contribution is 9.10. The van der Waals surface area contributed by atoms with Crippen LogP contribution >= 0.6 is 15.9 Å². The SMILES string of the molecule is C=CCN1CC(=O)N2[C@@H](Cc3ccc(O)cc3)C(=O)N(Cc3cccc(Br)c3)C[C@@H]2N1C(=O)CCc1ccccc1. The van der Waals surface area contributed by atoms with Gasteiger partial charge in [0.25, 0.3) is 0 Å². The van der Waals surface area contributed by atoms with Gasteiger partial charge in [0, 0.05) is 30.4 Å². The van der Waals surface area contributed by atoms with Gasteiger partial charge < -0.3 is 14.9 Å². The van der Waals surface area contributed by atoms with Gasteiger partial charge in [0.2, 0.25) is 17.7 Å². The lowest BCUT2D eigenvalue weighted by molar-refractivity contribution is -0.205. The number of benzene rings is 3. The summed E-state index contributed by atoms with van der Waals surface area (Å²) in [5.41, 5.74) is 2.81. The van der Waals surface area contributed by atoms with Crippen molar-refractivity contribution in [3.63, 3.8) is 0 Å². The van der Waals surface area contributed by atoms with E-state index in [1.165, 1.54) is 0 Å². The third-order valence-corrected chi connectivity index (χ3v) is 8.02. The third-order valence-electron chi connectivity index (χ3n) is 7.52. The molecular formula is C32H33BrN4O4. The number of hydrogen-bond donors (Lipinski definition) is 1. The normalized spacial score (nSPS) is 19.3. The Hall–Kier alpha value is -3.95. The van der Waals surface area contributed by atoms with Crippen LogP contribution in [-0.4, -0.2) is 74.5 Å². The van der Waals surface area contributed by atoms with Crippen molar-refractivity contribution < 1.29 is 19.5 Å². The molecule has 0 aromatic heterocycles. The number of phenols is 1. The highest BCUT2D eigenvalue weighted by atomic mass is 79.9. The van der Waals surface area contributed by atoms with E-state index in [0.29, 0.717) is 19.5 Å². The Bertz CT molecular complexity index is 1410. The van der Waals surface area contributed by atoms with Gasteiger partial charge in [-0.2, -0.15) is 0 Å². The highest BCUT2D eigenvalue weighted by Crippen LogP contribution is 2.30. The Morgan fingerprint density at radius 1 is 0.976 bits per heavy atom. The summed E-state index contributed by atoms with van der Waals surface area (Å²) in [4.78, 5) is 44.9. The number of piperazine rings is 1. The van der Waals surface area contributed by atoms with Crippen LogP contribution in [0.15, 0.2) is 96.0 Å². The van der Waals surface area contributed by atoms with E-state index in [9.17, 15) is 19.5 Å². The number of phenolic OH excluding ortho intramolecular Hbond substituents is 1. The van der Waals surface area contributed by atoms with Crippen LogP contribution in [0.3, 0.4) is 0 Å². The minimum atomic E-state index is -0.798. The van der Waals surface area contributed by atoms with Gasteiger partial charge in [-0.15, -0.1) is 6.58 Å². The van der Waals surface area contributed by atoms with Crippen LogP contribution in [0.1, 0.15) is 23.1 Å². The van der Waals surface area contributed by atoms with Crippen molar-refractivity contribution in [3.8, 4) is 5.75 Å². The van der Waals surface area contributed by atoms with Crippen molar-refractivity contribution in [3.05, 3.63) is 113 Å². The highest BCUT2D eigenvalue weighted by Gasteiger charge is 2.50. The van der Waals surface area contributed by atoms with Crippen molar-refractivity contribution in [2.24, 2.45) is 0 Å². The van der Waals surface area contributed by atoms with Gasteiger partial charge in [-0.1, -0.05) is 76.6 Å². The van der Waals surface area contributed by atoms with Crippen molar-refractivity contribution in [2.45, 2.75) is 38.0 Å². The van der Waals surface area contributed by atoms with Crippen molar-refractivity contribution in [1.29, 1.82) is 0 Å². The molecule has 212 valence electrons. The van der Waals surface area contributed by atoms with E-state index in [1.54, 1.807) is 50.2 Å². The Balaban J connectivity index is 1.49. The molecule has 3 amide bonds. The lowest BCUT2D eigenvalue weighted by atomic mass is 9.98. The number of hydrogen-bond acceptors (Lipinski definition) is 5. The first kappa shape index (κ1) is 28.6. The zero-order valence-corrected chi connectivity index (χ0v) is 24.3. The second-order valence-corrected chi connectivity index (χ2v) is 11.3. The standard InChI is InChI=1S/C32H33BrN4O4/c1-2-17-35-22-31(40)36-28(19-24-11-14-27(38)15-12-24)32(41)34(20-25-9-6-10-26(33)18-25)21-29(36)37(35)30(39)16-13-23-7-4-3-5-8-23/h2-12,14-15,18,28-29,38H,1,13,16-17,19-22H2/t28-,29-/m0/s1. The molecule has 0 radical (unpaired) electrons. The monoisotopic (exact) mass is 616 g/mol. The molecule has 2 saturated heterocycles. The van der Waals surface area contributed by atoms with Gasteiger partial charge in [0.05, 0.1) is 13.1 Å². The summed E-state index contributed by atoms with van der Waals surface area (Å²) in [6.07, 6.45) is 2.12. The second-order valence-electron chi connectivity index (χ2n) is 10.4. The number of fused-ring (bicyclic) bond motifs is 1. The molecule has 0 spiro atoms. The molecule has 2 aliphatic rings. The van der Waals surface area contributed by atoms with Crippen LogP contribution in [0.5, 0.6) is 5.75 Å². The molecule has 2 fully saturated rings. The molecule has 1 N–H and O–H groups in total.